The number of hydrogen-bond donors (Lipinski definition) is 0. The fourth-order valence-corrected chi connectivity index (χ4v) is 3.47. The summed E-state index contributed by atoms with van der Waals surface area (Å²) in [5.74, 6) is 0.942. The second-order valence-corrected chi connectivity index (χ2v) is 8.41. The van der Waals surface area contributed by atoms with Gasteiger partial charge in [0.2, 0.25) is 0 Å². The van der Waals surface area contributed by atoms with Crippen LogP contribution >= 0.6 is 0 Å². The summed E-state index contributed by atoms with van der Waals surface area (Å²) >= 11 is 0. The average molecular weight is 361 g/mol. The molecule has 1 aliphatic rings. The van der Waals surface area contributed by atoms with E-state index in [1.54, 1.807) is 0 Å². The Morgan fingerprint density at radius 2 is 1.81 bits per heavy atom. The molecule has 2 aromatic heterocycles. The first-order valence-corrected chi connectivity index (χ1v) is 9.60. The highest BCUT2D eigenvalue weighted by molar-refractivity contribution is 5.23. The first-order valence-electron chi connectivity index (χ1n) is 9.60. The van der Waals surface area contributed by atoms with Crippen LogP contribution < -0.4 is 0 Å². The van der Waals surface area contributed by atoms with Crippen LogP contribution in [-0.4, -0.2) is 31.2 Å². The molecule has 0 amide bonds. The maximum atomic E-state index is 4.82. The van der Waals surface area contributed by atoms with Gasteiger partial charge in [0.15, 0.2) is 0 Å². The van der Waals surface area contributed by atoms with Crippen molar-refractivity contribution in [3.05, 3.63) is 77.1 Å². The fraction of sp³-hybridized carbons (Fsp3) is 0.409. The van der Waals surface area contributed by atoms with E-state index in [0.29, 0.717) is 0 Å². The summed E-state index contributed by atoms with van der Waals surface area (Å²) in [5, 5.41) is 4.53. The third-order valence-electron chi connectivity index (χ3n) is 4.96. The molecule has 5 nitrogen and oxygen atoms in total. The normalized spacial score (nSPS) is 14.9. The lowest BCUT2D eigenvalue weighted by atomic mass is 9.95. The first-order chi connectivity index (χ1) is 13.0. The molecule has 0 N–H and O–H groups in total. The van der Waals surface area contributed by atoms with Gasteiger partial charge in [-0.1, -0.05) is 51.1 Å². The van der Waals surface area contributed by atoms with Gasteiger partial charge in [0, 0.05) is 60.7 Å². The molecular formula is C22H27N5. The molecule has 140 valence electrons. The summed E-state index contributed by atoms with van der Waals surface area (Å²) < 4.78 is 2.02. The van der Waals surface area contributed by atoms with Crippen molar-refractivity contribution < 1.29 is 0 Å². The molecule has 3 heterocycles. The van der Waals surface area contributed by atoms with Crippen LogP contribution in [-0.2, 0) is 31.5 Å². The van der Waals surface area contributed by atoms with E-state index in [1.165, 1.54) is 22.4 Å². The summed E-state index contributed by atoms with van der Waals surface area (Å²) in [6.45, 7) is 10.1. The highest BCUT2D eigenvalue weighted by Crippen LogP contribution is 2.23. The first kappa shape index (κ1) is 17.9. The van der Waals surface area contributed by atoms with E-state index in [4.69, 9.17) is 4.98 Å². The van der Waals surface area contributed by atoms with Gasteiger partial charge in [0.05, 0.1) is 12.7 Å². The van der Waals surface area contributed by atoms with Crippen LogP contribution in [0.15, 0.2) is 48.9 Å². The fourth-order valence-electron chi connectivity index (χ4n) is 3.47. The minimum atomic E-state index is -0.000496. The van der Waals surface area contributed by atoms with E-state index < -0.39 is 0 Å². The van der Waals surface area contributed by atoms with Gasteiger partial charge >= 0.3 is 0 Å². The molecule has 0 atom stereocenters. The Balaban J connectivity index is 1.40. The Bertz CT molecular complexity index is 908. The quantitative estimate of drug-likeness (QED) is 0.713. The monoisotopic (exact) mass is 361 g/mol. The lowest BCUT2D eigenvalue weighted by Gasteiger charge is -2.28. The molecule has 0 saturated heterocycles. The van der Waals surface area contributed by atoms with Gasteiger partial charge in [-0.15, -0.1) is 0 Å². The van der Waals surface area contributed by atoms with Crippen molar-refractivity contribution in [3.8, 4) is 0 Å². The maximum Gasteiger partial charge on any atom is 0.133 e. The number of benzene rings is 1. The predicted octanol–water partition coefficient (Wildman–Crippen LogP) is 3.58. The van der Waals surface area contributed by atoms with E-state index in [1.807, 2.05) is 23.1 Å². The molecule has 1 aromatic carbocycles. The Morgan fingerprint density at radius 3 is 2.59 bits per heavy atom. The smallest absolute Gasteiger partial charge is 0.133 e. The van der Waals surface area contributed by atoms with Crippen LogP contribution in [0, 0.1) is 0 Å². The molecule has 1 aliphatic heterocycles. The van der Waals surface area contributed by atoms with Crippen molar-refractivity contribution in [3.63, 3.8) is 0 Å². The van der Waals surface area contributed by atoms with E-state index in [9.17, 15) is 0 Å². The zero-order valence-corrected chi connectivity index (χ0v) is 16.4. The SMILES string of the molecule is CC(C)(C)c1ncc2c(n1)CCN(Cc1cnn(Cc3ccccc3)c1)C2. The number of aromatic nitrogens is 4. The Kier molecular flexibility index (Phi) is 4.79. The molecule has 0 saturated carbocycles. The number of nitrogens with zero attached hydrogens (tertiary/aromatic N) is 5. The summed E-state index contributed by atoms with van der Waals surface area (Å²) in [6.07, 6.45) is 7.15. The molecule has 0 radical (unpaired) electrons. The van der Waals surface area contributed by atoms with Gasteiger partial charge in [-0.05, 0) is 5.56 Å². The predicted molar refractivity (Wildman–Crippen MR) is 106 cm³/mol. The molecule has 0 aliphatic carbocycles. The summed E-state index contributed by atoms with van der Waals surface area (Å²) in [5.41, 5.74) is 4.99. The van der Waals surface area contributed by atoms with Crippen molar-refractivity contribution >= 4 is 0 Å². The summed E-state index contributed by atoms with van der Waals surface area (Å²) in [6, 6.07) is 10.4. The van der Waals surface area contributed by atoms with E-state index in [0.717, 1.165) is 38.4 Å². The minimum absolute atomic E-state index is 0.000496. The zero-order chi connectivity index (χ0) is 18.9. The van der Waals surface area contributed by atoms with Gasteiger partial charge in [0.1, 0.15) is 5.82 Å². The molecule has 0 spiro atoms. The van der Waals surface area contributed by atoms with Crippen LogP contribution in [0.3, 0.4) is 0 Å². The number of fused-ring (bicyclic) bond motifs is 1. The van der Waals surface area contributed by atoms with Crippen molar-refractivity contribution in [1.82, 2.24) is 24.6 Å². The van der Waals surface area contributed by atoms with Crippen LogP contribution in [0.4, 0.5) is 0 Å². The lowest BCUT2D eigenvalue weighted by Crippen LogP contribution is -2.31. The molecule has 0 unspecified atom stereocenters. The van der Waals surface area contributed by atoms with Crippen LogP contribution in [0.1, 0.15) is 49.0 Å². The van der Waals surface area contributed by atoms with Crippen molar-refractivity contribution in [2.24, 2.45) is 0 Å². The van der Waals surface area contributed by atoms with E-state index in [-0.39, 0.29) is 5.41 Å². The molecule has 4 rings (SSSR count). The van der Waals surface area contributed by atoms with Crippen LogP contribution in [0.5, 0.6) is 0 Å². The minimum Gasteiger partial charge on any atom is -0.294 e. The van der Waals surface area contributed by atoms with Crippen LogP contribution in [0.25, 0.3) is 0 Å². The topological polar surface area (TPSA) is 46.8 Å². The van der Waals surface area contributed by atoms with E-state index >= 15 is 0 Å². The maximum absolute atomic E-state index is 4.82. The summed E-state index contributed by atoms with van der Waals surface area (Å²) in [4.78, 5) is 11.9. The van der Waals surface area contributed by atoms with Gasteiger partial charge in [-0.25, -0.2) is 9.97 Å². The third-order valence-corrected chi connectivity index (χ3v) is 4.96. The molecule has 3 aromatic rings. The van der Waals surface area contributed by atoms with Gasteiger partial charge in [-0.3, -0.25) is 9.58 Å². The van der Waals surface area contributed by atoms with Gasteiger partial charge in [0.25, 0.3) is 0 Å². The Labute approximate surface area is 161 Å². The Morgan fingerprint density at radius 1 is 1.00 bits per heavy atom. The Hall–Kier alpha value is -2.53. The average Bonchev–Trinajstić information content (AvgIpc) is 3.08. The molecule has 27 heavy (non-hydrogen) atoms. The standard InChI is InChI=1S/C22H27N5/c1-22(2,3)21-23-12-19-16-26(10-9-20(19)25-21)13-18-11-24-27(15-18)14-17-7-5-4-6-8-17/h4-8,11-12,15H,9-10,13-14,16H2,1-3H3. The second kappa shape index (κ2) is 7.24. The zero-order valence-electron chi connectivity index (χ0n) is 16.4. The summed E-state index contributed by atoms with van der Waals surface area (Å²) in [7, 11) is 0. The highest BCUT2D eigenvalue weighted by atomic mass is 15.3. The van der Waals surface area contributed by atoms with Gasteiger partial charge in [-0.2, -0.15) is 5.10 Å². The lowest BCUT2D eigenvalue weighted by molar-refractivity contribution is 0.242. The van der Waals surface area contributed by atoms with Gasteiger partial charge < -0.3 is 0 Å². The highest BCUT2D eigenvalue weighted by Gasteiger charge is 2.23. The third kappa shape index (κ3) is 4.25. The molecule has 5 heteroatoms. The van der Waals surface area contributed by atoms with Crippen molar-refractivity contribution in [2.75, 3.05) is 6.54 Å². The largest absolute Gasteiger partial charge is 0.294 e. The molecular weight excluding hydrogens is 334 g/mol. The number of hydrogen-bond acceptors (Lipinski definition) is 4. The van der Waals surface area contributed by atoms with Crippen molar-refractivity contribution in [1.29, 1.82) is 0 Å². The number of rotatable bonds is 4. The van der Waals surface area contributed by atoms with Crippen molar-refractivity contribution in [2.45, 2.75) is 52.2 Å². The van der Waals surface area contributed by atoms with E-state index in [2.05, 4.69) is 66.2 Å². The van der Waals surface area contributed by atoms with Crippen LogP contribution in [0.2, 0.25) is 0 Å². The second-order valence-electron chi connectivity index (χ2n) is 8.41. The molecule has 0 bridgehead atoms. The molecule has 0 fully saturated rings.